The summed E-state index contributed by atoms with van der Waals surface area (Å²) in [5, 5.41) is 14.1. The third-order valence-corrected chi connectivity index (χ3v) is 4.43. The summed E-state index contributed by atoms with van der Waals surface area (Å²) in [5.41, 5.74) is 0.839. The average molecular weight is 297 g/mol. The lowest BCUT2D eigenvalue weighted by molar-refractivity contribution is 0.162. The van der Waals surface area contributed by atoms with Crippen LogP contribution in [-0.4, -0.2) is 35.7 Å². The van der Waals surface area contributed by atoms with Gasteiger partial charge in [0.1, 0.15) is 5.75 Å². The Hall–Kier alpha value is -0.770. The van der Waals surface area contributed by atoms with Crippen LogP contribution in [0.25, 0.3) is 0 Å². The second kappa shape index (κ2) is 7.30. The SMILES string of the molecule is CC(C)N(Cc1c(O)cccc1Cl)CC1CCCNC1. The third-order valence-electron chi connectivity index (χ3n) is 4.08. The minimum Gasteiger partial charge on any atom is -0.508 e. The summed E-state index contributed by atoms with van der Waals surface area (Å²) >= 11 is 6.22. The number of halogens is 1. The Kier molecular flexibility index (Phi) is 5.70. The Morgan fingerprint density at radius 3 is 2.85 bits per heavy atom. The fourth-order valence-electron chi connectivity index (χ4n) is 2.78. The number of hydrogen-bond donors (Lipinski definition) is 2. The van der Waals surface area contributed by atoms with Crippen LogP contribution in [0.5, 0.6) is 5.75 Å². The molecule has 2 N–H and O–H groups in total. The Bertz CT molecular complexity index is 410. The van der Waals surface area contributed by atoms with Crippen LogP contribution in [0, 0.1) is 5.92 Å². The Labute approximate surface area is 126 Å². The molecular weight excluding hydrogens is 272 g/mol. The molecule has 3 nitrogen and oxygen atoms in total. The second-order valence-electron chi connectivity index (χ2n) is 5.97. The number of nitrogens with zero attached hydrogens (tertiary/aromatic N) is 1. The van der Waals surface area contributed by atoms with Gasteiger partial charge < -0.3 is 10.4 Å². The minimum absolute atomic E-state index is 0.296. The molecule has 1 heterocycles. The van der Waals surface area contributed by atoms with E-state index in [4.69, 9.17) is 11.6 Å². The van der Waals surface area contributed by atoms with Crippen molar-refractivity contribution in [2.45, 2.75) is 39.3 Å². The molecule has 20 heavy (non-hydrogen) atoms. The number of nitrogens with one attached hydrogen (secondary N) is 1. The summed E-state index contributed by atoms with van der Waals surface area (Å²) in [6, 6.07) is 5.78. The van der Waals surface area contributed by atoms with Crippen molar-refractivity contribution in [2.24, 2.45) is 5.92 Å². The monoisotopic (exact) mass is 296 g/mol. The second-order valence-corrected chi connectivity index (χ2v) is 6.38. The first kappa shape index (κ1) is 15.6. The van der Waals surface area contributed by atoms with Crippen LogP contribution in [0.1, 0.15) is 32.3 Å². The standard InChI is InChI=1S/C16H25ClN2O/c1-12(2)19(10-13-5-4-8-18-9-13)11-14-15(17)6-3-7-16(14)20/h3,6-7,12-13,18,20H,4-5,8-11H2,1-2H3. The topological polar surface area (TPSA) is 35.5 Å². The first-order chi connectivity index (χ1) is 9.58. The van der Waals surface area contributed by atoms with Gasteiger partial charge in [-0.05, 0) is 57.8 Å². The summed E-state index contributed by atoms with van der Waals surface area (Å²) < 4.78 is 0. The quantitative estimate of drug-likeness (QED) is 0.875. The van der Waals surface area contributed by atoms with E-state index in [1.165, 1.54) is 12.8 Å². The van der Waals surface area contributed by atoms with Gasteiger partial charge >= 0.3 is 0 Å². The molecule has 1 saturated heterocycles. The number of hydrogen-bond acceptors (Lipinski definition) is 3. The summed E-state index contributed by atoms with van der Waals surface area (Å²) in [4.78, 5) is 2.40. The number of phenolic OH excluding ortho intramolecular Hbond substituents is 1. The van der Waals surface area contributed by atoms with Crippen molar-refractivity contribution in [3.05, 3.63) is 28.8 Å². The van der Waals surface area contributed by atoms with E-state index >= 15 is 0 Å². The minimum atomic E-state index is 0.296. The van der Waals surface area contributed by atoms with E-state index in [1.807, 2.05) is 6.07 Å². The van der Waals surface area contributed by atoms with E-state index in [1.54, 1.807) is 12.1 Å². The molecule has 1 aliphatic rings. The molecule has 112 valence electrons. The molecule has 0 saturated carbocycles. The Morgan fingerprint density at radius 2 is 2.25 bits per heavy atom. The van der Waals surface area contributed by atoms with Gasteiger partial charge in [0.05, 0.1) is 0 Å². The fraction of sp³-hybridized carbons (Fsp3) is 0.625. The van der Waals surface area contributed by atoms with Gasteiger partial charge in [-0.15, -0.1) is 0 Å². The van der Waals surface area contributed by atoms with Crippen molar-refractivity contribution in [1.82, 2.24) is 10.2 Å². The van der Waals surface area contributed by atoms with Crippen molar-refractivity contribution in [3.63, 3.8) is 0 Å². The number of benzene rings is 1. The average Bonchev–Trinajstić information content (AvgIpc) is 2.42. The van der Waals surface area contributed by atoms with Crippen molar-refractivity contribution in [3.8, 4) is 5.75 Å². The van der Waals surface area contributed by atoms with Crippen LogP contribution >= 0.6 is 11.6 Å². The lowest BCUT2D eigenvalue weighted by Crippen LogP contribution is -2.40. The maximum atomic E-state index is 10.0. The molecule has 0 aliphatic carbocycles. The van der Waals surface area contributed by atoms with Crippen LogP contribution in [-0.2, 0) is 6.54 Å². The largest absolute Gasteiger partial charge is 0.508 e. The predicted molar refractivity (Wildman–Crippen MR) is 84.3 cm³/mol. The van der Waals surface area contributed by atoms with Crippen molar-refractivity contribution in [2.75, 3.05) is 19.6 Å². The fourth-order valence-corrected chi connectivity index (χ4v) is 3.01. The van der Waals surface area contributed by atoms with Crippen molar-refractivity contribution >= 4 is 11.6 Å². The van der Waals surface area contributed by atoms with E-state index < -0.39 is 0 Å². The van der Waals surface area contributed by atoms with Crippen LogP contribution in [0.2, 0.25) is 5.02 Å². The zero-order chi connectivity index (χ0) is 14.5. The molecule has 4 heteroatoms. The maximum absolute atomic E-state index is 10.0. The van der Waals surface area contributed by atoms with E-state index in [0.717, 1.165) is 25.2 Å². The molecule has 1 aromatic rings. The van der Waals surface area contributed by atoms with Gasteiger partial charge in [-0.3, -0.25) is 4.90 Å². The van der Waals surface area contributed by atoms with Gasteiger partial charge in [0.25, 0.3) is 0 Å². The van der Waals surface area contributed by atoms with Gasteiger partial charge in [0.2, 0.25) is 0 Å². The lowest BCUT2D eigenvalue weighted by Gasteiger charge is -2.33. The molecular formula is C16H25ClN2O. The molecule has 2 rings (SSSR count). The van der Waals surface area contributed by atoms with E-state index in [0.29, 0.717) is 29.3 Å². The zero-order valence-electron chi connectivity index (χ0n) is 12.4. The van der Waals surface area contributed by atoms with Gasteiger partial charge in [-0.1, -0.05) is 17.7 Å². The third kappa shape index (κ3) is 4.11. The van der Waals surface area contributed by atoms with Crippen LogP contribution in [0.4, 0.5) is 0 Å². The van der Waals surface area contributed by atoms with E-state index in [9.17, 15) is 5.11 Å². The number of phenols is 1. The zero-order valence-corrected chi connectivity index (χ0v) is 13.2. The maximum Gasteiger partial charge on any atom is 0.121 e. The van der Waals surface area contributed by atoms with Gasteiger partial charge in [-0.2, -0.15) is 0 Å². The van der Waals surface area contributed by atoms with Crippen LogP contribution in [0.15, 0.2) is 18.2 Å². The molecule has 1 atom stereocenters. The lowest BCUT2D eigenvalue weighted by atomic mass is 9.98. The van der Waals surface area contributed by atoms with E-state index in [2.05, 4.69) is 24.1 Å². The molecule has 1 fully saturated rings. The van der Waals surface area contributed by atoms with Crippen molar-refractivity contribution < 1.29 is 5.11 Å². The summed E-state index contributed by atoms with van der Waals surface area (Å²) in [5.74, 6) is 0.987. The molecule has 0 aromatic heterocycles. The van der Waals surface area contributed by atoms with Gasteiger partial charge in [-0.25, -0.2) is 0 Å². The molecule has 0 spiro atoms. The highest BCUT2D eigenvalue weighted by molar-refractivity contribution is 6.31. The molecule has 1 aliphatic heterocycles. The number of piperidine rings is 1. The first-order valence-electron chi connectivity index (χ1n) is 7.49. The number of aromatic hydroxyl groups is 1. The van der Waals surface area contributed by atoms with Gasteiger partial charge in [0, 0.05) is 29.7 Å². The molecule has 0 amide bonds. The van der Waals surface area contributed by atoms with Gasteiger partial charge in [0.15, 0.2) is 0 Å². The highest BCUT2D eigenvalue weighted by Crippen LogP contribution is 2.28. The molecule has 1 aromatic carbocycles. The van der Waals surface area contributed by atoms with Crippen LogP contribution in [0.3, 0.4) is 0 Å². The van der Waals surface area contributed by atoms with Crippen LogP contribution < -0.4 is 5.32 Å². The normalized spacial score (nSPS) is 19.8. The highest BCUT2D eigenvalue weighted by Gasteiger charge is 2.20. The van der Waals surface area contributed by atoms with E-state index in [-0.39, 0.29) is 0 Å². The number of rotatable bonds is 5. The predicted octanol–water partition coefficient (Wildman–Crippen LogP) is 3.26. The Balaban J connectivity index is 2.05. The molecule has 0 bridgehead atoms. The molecule has 1 unspecified atom stereocenters. The Morgan fingerprint density at radius 1 is 1.45 bits per heavy atom. The smallest absolute Gasteiger partial charge is 0.121 e. The first-order valence-corrected chi connectivity index (χ1v) is 7.87. The highest BCUT2D eigenvalue weighted by atomic mass is 35.5. The summed E-state index contributed by atoms with van der Waals surface area (Å²) in [6.07, 6.45) is 2.54. The summed E-state index contributed by atoms with van der Waals surface area (Å²) in [7, 11) is 0. The molecule has 0 radical (unpaired) electrons. The van der Waals surface area contributed by atoms with Crippen molar-refractivity contribution in [1.29, 1.82) is 0 Å². The summed E-state index contributed by atoms with van der Waals surface area (Å²) in [6.45, 7) is 8.39.